The van der Waals surface area contributed by atoms with Gasteiger partial charge in [0.2, 0.25) is 0 Å². The van der Waals surface area contributed by atoms with E-state index in [0.717, 1.165) is 29.3 Å². The third-order valence-corrected chi connectivity index (χ3v) is 3.25. The molecule has 1 aliphatic heterocycles. The molecule has 2 rings (SSSR count). The number of rotatable bonds is 2. The van der Waals surface area contributed by atoms with Crippen molar-refractivity contribution in [1.29, 1.82) is 0 Å². The van der Waals surface area contributed by atoms with Gasteiger partial charge in [0.1, 0.15) is 0 Å². The lowest BCUT2D eigenvalue weighted by atomic mass is 10.2. The summed E-state index contributed by atoms with van der Waals surface area (Å²) in [7, 11) is 0. The number of ether oxygens (including phenoxy) is 1. The summed E-state index contributed by atoms with van der Waals surface area (Å²) in [4.78, 5) is 15.6. The van der Waals surface area contributed by atoms with E-state index in [9.17, 15) is 4.79 Å². The summed E-state index contributed by atoms with van der Waals surface area (Å²) in [5.41, 5.74) is 0.166. The molecule has 1 fully saturated rings. The van der Waals surface area contributed by atoms with E-state index in [1.807, 2.05) is 6.92 Å². The fourth-order valence-electron chi connectivity index (χ4n) is 1.60. The standard InChI is InChI=1S/C9H11NO3S/c1-5-10-7(9(11)12)8(14-5)6-3-2-4-13-6/h6H,2-4H2,1H3,(H,11,12). The number of nitrogens with zero attached hydrogens (tertiary/aromatic N) is 1. The van der Waals surface area contributed by atoms with Crippen molar-refractivity contribution in [3.05, 3.63) is 15.6 Å². The molecule has 0 spiro atoms. The highest BCUT2D eigenvalue weighted by molar-refractivity contribution is 7.11. The van der Waals surface area contributed by atoms with Crippen molar-refractivity contribution in [3.63, 3.8) is 0 Å². The van der Waals surface area contributed by atoms with Crippen LogP contribution in [0.25, 0.3) is 0 Å². The number of aromatic nitrogens is 1. The van der Waals surface area contributed by atoms with Crippen LogP contribution in [0.2, 0.25) is 0 Å². The Morgan fingerprint density at radius 3 is 3.07 bits per heavy atom. The summed E-state index contributed by atoms with van der Waals surface area (Å²) in [6.07, 6.45) is 1.86. The Morgan fingerprint density at radius 1 is 1.71 bits per heavy atom. The van der Waals surface area contributed by atoms with E-state index in [0.29, 0.717) is 0 Å². The molecule has 1 saturated heterocycles. The zero-order chi connectivity index (χ0) is 10.1. The molecular formula is C9H11NO3S. The first-order chi connectivity index (χ1) is 6.68. The summed E-state index contributed by atoms with van der Waals surface area (Å²) in [6, 6.07) is 0. The van der Waals surface area contributed by atoms with E-state index >= 15 is 0 Å². The molecule has 1 aromatic heterocycles. The molecule has 14 heavy (non-hydrogen) atoms. The van der Waals surface area contributed by atoms with Crippen LogP contribution in [-0.2, 0) is 4.74 Å². The van der Waals surface area contributed by atoms with E-state index in [1.165, 1.54) is 11.3 Å². The molecule has 4 nitrogen and oxygen atoms in total. The maximum atomic E-state index is 10.9. The van der Waals surface area contributed by atoms with Crippen molar-refractivity contribution in [2.75, 3.05) is 6.61 Å². The van der Waals surface area contributed by atoms with Crippen LogP contribution in [0.5, 0.6) is 0 Å². The molecule has 1 aliphatic rings. The van der Waals surface area contributed by atoms with Gasteiger partial charge in [-0.25, -0.2) is 9.78 Å². The van der Waals surface area contributed by atoms with Gasteiger partial charge in [0.15, 0.2) is 5.69 Å². The number of thiazole rings is 1. The van der Waals surface area contributed by atoms with E-state index in [-0.39, 0.29) is 11.8 Å². The normalized spacial score (nSPS) is 21.4. The molecule has 1 aromatic rings. The summed E-state index contributed by atoms with van der Waals surface area (Å²) < 4.78 is 5.45. The molecule has 0 amide bonds. The minimum atomic E-state index is -0.958. The van der Waals surface area contributed by atoms with Crippen molar-refractivity contribution < 1.29 is 14.6 Å². The predicted octanol–water partition coefficient (Wildman–Crippen LogP) is 2.00. The largest absolute Gasteiger partial charge is 0.476 e. The van der Waals surface area contributed by atoms with E-state index < -0.39 is 5.97 Å². The minimum Gasteiger partial charge on any atom is -0.476 e. The Hall–Kier alpha value is -0.940. The van der Waals surface area contributed by atoms with E-state index in [2.05, 4.69) is 4.98 Å². The fourth-order valence-corrected chi connectivity index (χ4v) is 2.60. The molecule has 2 heterocycles. The summed E-state index contributed by atoms with van der Waals surface area (Å²) >= 11 is 1.42. The van der Waals surface area contributed by atoms with Gasteiger partial charge in [-0.05, 0) is 19.8 Å². The van der Waals surface area contributed by atoms with Crippen LogP contribution < -0.4 is 0 Å². The third kappa shape index (κ3) is 1.65. The molecule has 0 aromatic carbocycles. The Labute approximate surface area is 85.5 Å². The second-order valence-corrected chi connectivity index (χ2v) is 4.49. The Kier molecular flexibility index (Phi) is 2.52. The zero-order valence-electron chi connectivity index (χ0n) is 7.82. The molecule has 1 N–H and O–H groups in total. The lowest BCUT2D eigenvalue weighted by molar-refractivity contribution is 0.0677. The van der Waals surface area contributed by atoms with Crippen LogP contribution in [0.4, 0.5) is 0 Å². The van der Waals surface area contributed by atoms with Crippen LogP contribution in [0.1, 0.15) is 39.3 Å². The van der Waals surface area contributed by atoms with Crippen LogP contribution in [-0.4, -0.2) is 22.7 Å². The second-order valence-electron chi connectivity index (χ2n) is 3.25. The fraction of sp³-hybridized carbons (Fsp3) is 0.556. The molecule has 0 bridgehead atoms. The van der Waals surface area contributed by atoms with Crippen LogP contribution >= 0.6 is 11.3 Å². The maximum Gasteiger partial charge on any atom is 0.355 e. The van der Waals surface area contributed by atoms with Gasteiger partial charge in [0, 0.05) is 6.61 Å². The SMILES string of the molecule is Cc1nc(C(=O)O)c(C2CCCO2)s1. The molecule has 1 unspecified atom stereocenters. The quantitative estimate of drug-likeness (QED) is 0.816. The molecule has 0 saturated carbocycles. The highest BCUT2D eigenvalue weighted by Crippen LogP contribution is 2.34. The van der Waals surface area contributed by atoms with E-state index in [4.69, 9.17) is 9.84 Å². The third-order valence-electron chi connectivity index (χ3n) is 2.19. The van der Waals surface area contributed by atoms with Crippen molar-refractivity contribution in [2.45, 2.75) is 25.9 Å². The van der Waals surface area contributed by atoms with Gasteiger partial charge < -0.3 is 9.84 Å². The highest BCUT2D eigenvalue weighted by atomic mass is 32.1. The Morgan fingerprint density at radius 2 is 2.50 bits per heavy atom. The number of carboxylic acids is 1. The first kappa shape index (κ1) is 9.61. The van der Waals surface area contributed by atoms with Gasteiger partial charge in [-0.1, -0.05) is 0 Å². The lowest BCUT2D eigenvalue weighted by Crippen LogP contribution is -2.04. The molecular weight excluding hydrogens is 202 g/mol. The van der Waals surface area contributed by atoms with Crippen LogP contribution in [0, 0.1) is 6.92 Å². The summed E-state index contributed by atoms with van der Waals surface area (Å²) in [5.74, 6) is -0.958. The van der Waals surface area contributed by atoms with Gasteiger partial charge in [0.05, 0.1) is 16.0 Å². The van der Waals surface area contributed by atoms with Gasteiger partial charge in [-0.15, -0.1) is 11.3 Å². The first-order valence-corrected chi connectivity index (χ1v) is 5.32. The molecule has 1 atom stereocenters. The van der Waals surface area contributed by atoms with Gasteiger partial charge in [-0.3, -0.25) is 0 Å². The van der Waals surface area contributed by atoms with Crippen LogP contribution in [0.15, 0.2) is 0 Å². The van der Waals surface area contributed by atoms with Crippen molar-refractivity contribution >= 4 is 17.3 Å². The van der Waals surface area contributed by atoms with Gasteiger partial charge >= 0.3 is 5.97 Å². The average Bonchev–Trinajstić information content (AvgIpc) is 2.70. The average molecular weight is 213 g/mol. The number of carbonyl (C=O) groups is 1. The van der Waals surface area contributed by atoms with Crippen molar-refractivity contribution in [1.82, 2.24) is 4.98 Å². The molecule has 76 valence electrons. The van der Waals surface area contributed by atoms with Gasteiger partial charge in [0.25, 0.3) is 0 Å². The molecule has 0 radical (unpaired) electrons. The number of hydrogen-bond donors (Lipinski definition) is 1. The number of hydrogen-bond acceptors (Lipinski definition) is 4. The lowest BCUT2D eigenvalue weighted by Gasteiger charge is -2.06. The molecule has 0 aliphatic carbocycles. The summed E-state index contributed by atoms with van der Waals surface area (Å²) in [5, 5.41) is 9.71. The van der Waals surface area contributed by atoms with Crippen LogP contribution in [0.3, 0.4) is 0 Å². The maximum absolute atomic E-state index is 10.9. The topological polar surface area (TPSA) is 59.4 Å². The van der Waals surface area contributed by atoms with Crippen molar-refractivity contribution in [3.8, 4) is 0 Å². The summed E-state index contributed by atoms with van der Waals surface area (Å²) in [6.45, 7) is 2.54. The monoisotopic (exact) mass is 213 g/mol. The highest BCUT2D eigenvalue weighted by Gasteiger charge is 2.26. The van der Waals surface area contributed by atoms with Gasteiger partial charge in [-0.2, -0.15) is 0 Å². The number of aryl methyl sites for hydroxylation is 1. The Bertz CT molecular complexity index is 355. The smallest absolute Gasteiger partial charge is 0.355 e. The number of carboxylic acid groups (broad SMARTS) is 1. The first-order valence-electron chi connectivity index (χ1n) is 4.50. The second kappa shape index (κ2) is 3.67. The zero-order valence-corrected chi connectivity index (χ0v) is 8.63. The number of aromatic carboxylic acids is 1. The Balaban J connectivity index is 2.35. The minimum absolute atomic E-state index is 0.0488. The predicted molar refractivity (Wildman–Crippen MR) is 51.7 cm³/mol. The van der Waals surface area contributed by atoms with Crippen molar-refractivity contribution in [2.24, 2.45) is 0 Å². The van der Waals surface area contributed by atoms with E-state index in [1.54, 1.807) is 0 Å². The molecule has 5 heteroatoms.